The molecule has 0 radical (unpaired) electrons. The number of hydrogen-bond acceptors (Lipinski definition) is 5. The summed E-state index contributed by atoms with van der Waals surface area (Å²) in [7, 11) is -0.545. The monoisotopic (exact) mass is 401 g/mol. The normalized spacial score (nSPS) is 11.7. The summed E-state index contributed by atoms with van der Waals surface area (Å²) in [6.45, 7) is 0.395. The number of H-pyrrole nitrogens is 1. The highest BCUT2D eigenvalue weighted by molar-refractivity contribution is 7.89. The lowest BCUT2D eigenvalue weighted by molar-refractivity contribution is -0.121. The van der Waals surface area contributed by atoms with Crippen molar-refractivity contribution in [1.29, 1.82) is 0 Å². The maximum Gasteiger partial charge on any atom is 0.242 e. The van der Waals surface area contributed by atoms with Gasteiger partial charge in [0.05, 0.1) is 11.4 Å². The Labute approximate surface area is 156 Å². The van der Waals surface area contributed by atoms with Gasteiger partial charge in [0, 0.05) is 27.1 Å². The van der Waals surface area contributed by atoms with Gasteiger partial charge in [-0.05, 0) is 42.9 Å². The molecule has 11 heteroatoms. The van der Waals surface area contributed by atoms with Crippen LogP contribution in [0.2, 0.25) is 0 Å². The summed E-state index contributed by atoms with van der Waals surface area (Å²) in [6.07, 6.45) is 0.514. The maximum absolute atomic E-state index is 12.9. The van der Waals surface area contributed by atoms with Crippen molar-refractivity contribution in [3.8, 4) is 0 Å². The fraction of sp³-hybridized carbons (Fsp3) is 0.400. The molecule has 1 heterocycles. The van der Waals surface area contributed by atoms with Crippen LogP contribution in [0.15, 0.2) is 29.2 Å². The minimum absolute atomic E-state index is 0.0107. The molecule has 0 saturated heterocycles. The molecule has 8 nitrogen and oxygen atoms in total. The van der Waals surface area contributed by atoms with Gasteiger partial charge in [0.2, 0.25) is 15.9 Å². The summed E-state index contributed by atoms with van der Waals surface area (Å²) in [4.78, 5) is 11.9. The SMILES string of the molecule is CN(CCCC(=O)NCc1n[nH]c(=S)n1C)S(=O)(=O)c1ccc(F)cc1. The fourth-order valence-corrected chi connectivity index (χ4v) is 3.53. The van der Waals surface area contributed by atoms with Crippen LogP contribution >= 0.6 is 12.2 Å². The quantitative estimate of drug-likeness (QED) is 0.650. The molecular weight excluding hydrogens is 381 g/mol. The predicted octanol–water partition coefficient (Wildman–Crippen LogP) is 1.33. The van der Waals surface area contributed by atoms with Crippen LogP contribution in [0.25, 0.3) is 0 Å². The van der Waals surface area contributed by atoms with Gasteiger partial charge in [-0.2, -0.15) is 5.10 Å². The van der Waals surface area contributed by atoms with Crippen molar-refractivity contribution >= 4 is 28.1 Å². The summed E-state index contributed by atoms with van der Waals surface area (Å²) in [5.74, 6) is -0.123. The molecule has 0 atom stereocenters. The van der Waals surface area contributed by atoms with Crippen molar-refractivity contribution in [2.24, 2.45) is 7.05 Å². The molecule has 0 unspecified atom stereocenters. The Morgan fingerprint density at radius 3 is 2.62 bits per heavy atom. The van der Waals surface area contributed by atoms with E-state index in [1.54, 1.807) is 11.6 Å². The molecule has 1 aromatic carbocycles. The first-order valence-corrected chi connectivity index (χ1v) is 9.65. The largest absolute Gasteiger partial charge is 0.349 e. The van der Waals surface area contributed by atoms with Crippen LogP contribution in [0.1, 0.15) is 18.7 Å². The molecule has 2 rings (SSSR count). The summed E-state index contributed by atoms with van der Waals surface area (Å²) in [5, 5.41) is 9.31. The standard InChI is InChI=1S/C15H20FN5O3S2/c1-20(26(23,24)12-7-5-11(16)6-8-12)9-3-4-14(22)17-10-13-18-19-15(25)21(13)2/h5-8H,3-4,9-10H2,1-2H3,(H,17,22)(H,19,25). The lowest BCUT2D eigenvalue weighted by atomic mass is 10.3. The Hall–Kier alpha value is -2.11. The lowest BCUT2D eigenvalue weighted by Crippen LogP contribution is -2.30. The number of carbonyl (C=O) groups excluding carboxylic acids is 1. The van der Waals surface area contributed by atoms with Crippen molar-refractivity contribution in [1.82, 2.24) is 24.4 Å². The zero-order chi connectivity index (χ0) is 19.3. The molecule has 26 heavy (non-hydrogen) atoms. The zero-order valence-electron chi connectivity index (χ0n) is 14.4. The van der Waals surface area contributed by atoms with E-state index >= 15 is 0 Å². The fourth-order valence-electron chi connectivity index (χ4n) is 2.17. The highest BCUT2D eigenvalue weighted by atomic mass is 32.2. The van der Waals surface area contributed by atoms with Crippen LogP contribution in [0.5, 0.6) is 0 Å². The van der Waals surface area contributed by atoms with Crippen molar-refractivity contribution in [3.05, 3.63) is 40.7 Å². The molecule has 1 amide bonds. The summed E-state index contributed by atoms with van der Waals surface area (Å²) in [6, 6.07) is 4.62. The van der Waals surface area contributed by atoms with Crippen LogP contribution < -0.4 is 5.32 Å². The maximum atomic E-state index is 12.9. The number of hydrogen-bond donors (Lipinski definition) is 2. The van der Waals surface area contributed by atoms with E-state index in [1.807, 2.05) is 0 Å². The molecule has 0 spiro atoms. The molecule has 1 aromatic heterocycles. The van der Waals surface area contributed by atoms with E-state index in [2.05, 4.69) is 15.5 Å². The van der Waals surface area contributed by atoms with Crippen LogP contribution in [0.3, 0.4) is 0 Å². The zero-order valence-corrected chi connectivity index (χ0v) is 16.0. The smallest absolute Gasteiger partial charge is 0.242 e. The molecule has 0 bridgehead atoms. The molecule has 0 aliphatic carbocycles. The lowest BCUT2D eigenvalue weighted by Gasteiger charge is -2.17. The van der Waals surface area contributed by atoms with Gasteiger partial charge in [0.15, 0.2) is 10.6 Å². The molecule has 2 N–H and O–H groups in total. The van der Waals surface area contributed by atoms with Crippen LogP contribution in [-0.4, -0.2) is 47.0 Å². The second-order valence-corrected chi connectivity index (χ2v) is 8.10. The summed E-state index contributed by atoms with van der Waals surface area (Å²) < 4.78 is 40.9. The third-order valence-electron chi connectivity index (χ3n) is 3.81. The van der Waals surface area contributed by atoms with E-state index in [9.17, 15) is 17.6 Å². The van der Waals surface area contributed by atoms with Gasteiger partial charge < -0.3 is 9.88 Å². The predicted molar refractivity (Wildman–Crippen MR) is 95.7 cm³/mol. The van der Waals surface area contributed by atoms with E-state index in [0.29, 0.717) is 17.0 Å². The van der Waals surface area contributed by atoms with Crippen LogP contribution in [0, 0.1) is 10.6 Å². The number of amides is 1. The van der Waals surface area contributed by atoms with Gasteiger partial charge in [0.25, 0.3) is 0 Å². The second kappa shape index (κ2) is 8.52. The Morgan fingerprint density at radius 1 is 1.38 bits per heavy atom. The minimum atomic E-state index is -3.71. The Kier molecular flexibility index (Phi) is 6.62. The third kappa shape index (κ3) is 4.96. The topological polar surface area (TPSA) is 100 Å². The van der Waals surface area contributed by atoms with E-state index in [-0.39, 0.29) is 30.3 Å². The number of aromatic nitrogens is 3. The number of sulfonamides is 1. The minimum Gasteiger partial charge on any atom is -0.349 e. The van der Waals surface area contributed by atoms with E-state index < -0.39 is 15.8 Å². The molecule has 142 valence electrons. The summed E-state index contributed by atoms with van der Waals surface area (Å²) >= 11 is 4.98. The van der Waals surface area contributed by atoms with Crippen molar-refractivity contribution < 1.29 is 17.6 Å². The number of benzene rings is 1. The number of nitrogens with one attached hydrogen (secondary N) is 2. The van der Waals surface area contributed by atoms with E-state index in [4.69, 9.17) is 12.2 Å². The highest BCUT2D eigenvalue weighted by Gasteiger charge is 2.20. The van der Waals surface area contributed by atoms with Gasteiger partial charge >= 0.3 is 0 Å². The van der Waals surface area contributed by atoms with Gasteiger partial charge in [-0.3, -0.25) is 9.89 Å². The molecule has 0 aliphatic rings. The number of nitrogens with zero attached hydrogens (tertiary/aromatic N) is 3. The number of rotatable bonds is 8. The van der Waals surface area contributed by atoms with Crippen molar-refractivity contribution in [2.75, 3.05) is 13.6 Å². The number of aromatic amines is 1. The Balaban J connectivity index is 1.80. The van der Waals surface area contributed by atoms with Crippen molar-refractivity contribution in [2.45, 2.75) is 24.3 Å². The summed E-state index contributed by atoms with van der Waals surface area (Å²) in [5.41, 5.74) is 0. The first-order valence-electron chi connectivity index (χ1n) is 7.80. The molecule has 0 saturated carbocycles. The highest BCUT2D eigenvalue weighted by Crippen LogP contribution is 2.15. The molecule has 2 aromatic rings. The molecule has 0 aliphatic heterocycles. The number of halogens is 1. The third-order valence-corrected chi connectivity index (χ3v) is 6.05. The van der Waals surface area contributed by atoms with Crippen molar-refractivity contribution in [3.63, 3.8) is 0 Å². The van der Waals surface area contributed by atoms with Crippen LogP contribution in [0.4, 0.5) is 4.39 Å². The van der Waals surface area contributed by atoms with Gasteiger partial charge in [-0.25, -0.2) is 17.1 Å². The Morgan fingerprint density at radius 2 is 2.04 bits per heavy atom. The molecule has 0 fully saturated rings. The van der Waals surface area contributed by atoms with Gasteiger partial charge in [0.1, 0.15) is 5.82 Å². The van der Waals surface area contributed by atoms with Gasteiger partial charge in [-0.15, -0.1) is 0 Å². The van der Waals surface area contributed by atoms with E-state index in [1.165, 1.54) is 19.2 Å². The average molecular weight is 401 g/mol. The average Bonchev–Trinajstić information content (AvgIpc) is 2.92. The Bertz CT molecular complexity index is 922. The molecular formula is C15H20FN5O3S2. The first-order chi connectivity index (χ1) is 12.2. The van der Waals surface area contributed by atoms with Crippen LogP contribution in [-0.2, 0) is 28.4 Å². The van der Waals surface area contributed by atoms with Gasteiger partial charge in [-0.1, -0.05) is 0 Å². The van der Waals surface area contributed by atoms with E-state index in [0.717, 1.165) is 16.4 Å². The number of carbonyl (C=O) groups is 1. The second-order valence-electron chi connectivity index (χ2n) is 5.66. The first kappa shape index (κ1) is 20.2.